The molecule has 0 amide bonds. The highest BCUT2D eigenvalue weighted by atomic mass is 32.2. The molecule has 11 heteroatoms. The first-order valence-corrected chi connectivity index (χ1v) is 12.4. The normalized spacial score (nSPS) is 13.4. The SMILES string of the molecule is Cc1ccc(NS(=O)(=O)c2ccc3c(c2)OCCO3)cc1S(=O)(=O)Nc1ccc(F)cc1. The molecule has 1 heterocycles. The summed E-state index contributed by atoms with van der Waals surface area (Å²) >= 11 is 0. The van der Waals surface area contributed by atoms with Crippen LogP contribution in [0.5, 0.6) is 11.5 Å². The van der Waals surface area contributed by atoms with Gasteiger partial charge in [-0.25, -0.2) is 21.2 Å². The molecule has 8 nitrogen and oxygen atoms in total. The third-order valence-electron chi connectivity index (χ3n) is 4.65. The van der Waals surface area contributed by atoms with E-state index < -0.39 is 25.9 Å². The van der Waals surface area contributed by atoms with Crippen LogP contribution in [0.25, 0.3) is 0 Å². The number of benzene rings is 3. The topological polar surface area (TPSA) is 111 Å². The molecule has 1 aliphatic rings. The summed E-state index contributed by atoms with van der Waals surface area (Å²) in [7, 11) is -8.08. The first kappa shape index (κ1) is 21.9. The smallest absolute Gasteiger partial charge is 0.262 e. The van der Waals surface area contributed by atoms with Crippen molar-refractivity contribution in [3.8, 4) is 11.5 Å². The fourth-order valence-electron chi connectivity index (χ4n) is 3.09. The number of hydrogen-bond acceptors (Lipinski definition) is 6. The van der Waals surface area contributed by atoms with E-state index in [1.807, 2.05) is 0 Å². The van der Waals surface area contributed by atoms with E-state index in [9.17, 15) is 21.2 Å². The highest BCUT2D eigenvalue weighted by Gasteiger charge is 2.22. The van der Waals surface area contributed by atoms with Crippen LogP contribution in [0.4, 0.5) is 15.8 Å². The van der Waals surface area contributed by atoms with Gasteiger partial charge in [0.05, 0.1) is 15.5 Å². The molecule has 0 bridgehead atoms. The van der Waals surface area contributed by atoms with Gasteiger partial charge in [0.25, 0.3) is 20.0 Å². The van der Waals surface area contributed by atoms with Crippen molar-refractivity contribution < 1.29 is 30.7 Å². The average Bonchev–Trinajstić information content (AvgIpc) is 2.76. The molecule has 0 atom stereocenters. The quantitative estimate of drug-likeness (QED) is 0.561. The van der Waals surface area contributed by atoms with Gasteiger partial charge in [-0.3, -0.25) is 9.44 Å². The number of ether oxygens (including phenoxy) is 2. The zero-order chi connectivity index (χ0) is 22.9. The molecule has 3 aromatic carbocycles. The van der Waals surface area contributed by atoms with Crippen molar-refractivity contribution in [3.63, 3.8) is 0 Å². The van der Waals surface area contributed by atoms with Crippen LogP contribution in [0.3, 0.4) is 0 Å². The molecule has 168 valence electrons. The molecule has 3 aromatic rings. The van der Waals surface area contributed by atoms with Crippen LogP contribution in [0.1, 0.15) is 5.56 Å². The van der Waals surface area contributed by atoms with Gasteiger partial charge in [0, 0.05) is 11.8 Å². The molecule has 0 aliphatic carbocycles. The molecule has 0 fully saturated rings. The van der Waals surface area contributed by atoms with Crippen LogP contribution in [0, 0.1) is 12.7 Å². The number of nitrogens with one attached hydrogen (secondary N) is 2. The summed E-state index contributed by atoms with van der Waals surface area (Å²) in [6.07, 6.45) is 0. The van der Waals surface area contributed by atoms with Crippen molar-refractivity contribution in [2.24, 2.45) is 0 Å². The fourth-order valence-corrected chi connectivity index (χ4v) is 5.48. The number of sulfonamides is 2. The Hall–Kier alpha value is -3.31. The van der Waals surface area contributed by atoms with E-state index in [0.29, 0.717) is 30.3 Å². The van der Waals surface area contributed by atoms with Gasteiger partial charge in [0.2, 0.25) is 0 Å². The Labute approximate surface area is 185 Å². The van der Waals surface area contributed by atoms with Gasteiger partial charge in [0.1, 0.15) is 19.0 Å². The van der Waals surface area contributed by atoms with Crippen LogP contribution in [-0.2, 0) is 20.0 Å². The molecule has 0 spiro atoms. The van der Waals surface area contributed by atoms with E-state index in [1.165, 1.54) is 48.5 Å². The van der Waals surface area contributed by atoms with Crippen LogP contribution < -0.4 is 18.9 Å². The minimum atomic E-state index is -4.06. The molecular weight excluding hydrogens is 459 g/mol. The molecule has 0 saturated carbocycles. The minimum absolute atomic E-state index is 0.0591. The van der Waals surface area contributed by atoms with Gasteiger partial charge in [0.15, 0.2) is 11.5 Å². The molecule has 2 N–H and O–H groups in total. The zero-order valence-corrected chi connectivity index (χ0v) is 18.5. The van der Waals surface area contributed by atoms with Gasteiger partial charge in [-0.05, 0) is 61.0 Å². The Morgan fingerprint density at radius 2 is 1.38 bits per heavy atom. The van der Waals surface area contributed by atoms with Crippen LogP contribution >= 0.6 is 0 Å². The maximum Gasteiger partial charge on any atom is 0.262 e. The lowest BCUT2D eigenvalue weighted by Crippen LogP contribution is -2.18. The lowest BCUT2D eigenvalue weighted by molar-refractivity contribution is 0.171. The number of rotatable bonds is 6. The summed E-state index contributed by atoms with van der Waals surface area (Å²) in [4.78, 5) is -0.180. The Balaban J connectivity index is 1.61. The highest BCUT2D eigenvalue weighted by Crippen LogP contribution is 2.33. The number of fused-ring (bicyclic) bond motifs is 1. The Kier molecular flexibility index (Phi) is 5.70. The lowest BCUT2D eigenvalue weighted by Gasteiger charge is -2.19. The van der Waals surface area contributed by atoms with Crippen LogP contribution in [0.15, 0.2) is 70.5 Å². The Morgan fingerprint density at radius 3 is 2.09 bits per heavy atom. The van der Waals surface area contributed by atoms with Crippen molar-refractivity contribution >= 4 is 31.4 Å². The van der Waals surface area contributed by atoms with Gasteiger partial charge < -0.3 is 9.47 Å². The van der Waals surface area contributed by atoms with Crippen molar-refractivity contribution in [1.29, 1.82) is 0 Å². The van der Waals surface area contributed by atoms with E-state index >= 15 is 0 Å². The number of halogens is 1. The van der Waals surface area contributed by atoms with E-state index in [1.54, 1.807) is 6.92 Å². The van der Waals surface area contributed by atoms with E-state index in [0.717, 1.165) is 12.1 Å². The van der Waals surface area contributed by atoms with Gasteiger partial charge >= 0.3 is 0 Å². The number of aryl methyl sites for hydroxylation is 1. The van der Waals surface area contributed by atoms with Crippen molar-refractivity contribution in [2.75, 3.05) is 22.7 Å². The first-order valence-electron chi connectivity index (χ1n) is 9.46. The van der Waals surface area contributed by atoms with Crippen LogP contribution in [-0.4, -0.2) is 30.0 Å². The molecule has 1 aliphatic heterocycles. The van der Waals surface area contributed by atoms with Crippen molar-refractivity contribution in [1.82, 2.24) is 0 Å². The maximum absolute atomic E-state index is 13.1. The van der Waals surface area contributed by atoms with Crippen LogP contribution in [0.2, 0.25) is 0 Å². The summed E-state index contributed by atoms with van der Waals surface area (Å²) in [6, 6.07) is 13.2. The van der Waals surface area contributed by atoms with Gasteiger partial charge in [-0.1, -0.05) is 6.07 Å². The monoisotopic (exact) mass is 478 g/mol. The molecule has 0 unspecified atom stereocenters. The molecule has 0 radical (unpaired) electrons. The second-order valence-corrected chi connectivity index (χ2v) is 10.3. The summed E-state index contributed by atoms with van der Waals surface area (Å²) in [6.45, 7) is 2.27. The van der Waals surface area contributed by atoms with E-state index in [4.69, 9.17) is 9.47 Å². The Morgan fingerprint density at radius 1 is 0.750 bits per heavy atom. The second-order valence-electron chi connectivity index (χ2n) is 7.00. The number of hydrogen-bond donors (Lipinski definition) is 2. The largest absolute Gasteiger partial charge is 0.486 e. The summed E-state index contributed by atoms with van der Waals surface area (Å²) in [5.41, 5.74) is 0.639. The molecule has 0 saturated heterocycles. The van der Waals surface area contributed by atoms with Gasteiger partial charge in [-0.15, -0.1) is 0 Å². The average molecular weight is 479 g/mol. The minimum Gasteiger partial charge on any atom is -0.486 e. The third-order valence-corrected chi connectivity index (χ3v) is 7.55. The second kappa shape index (κ2) is 8.32. The zero-order valence-electron chi connectivity index (χ0n) is 16.8. The Bertz CT molecular complexity index is 1370. The maximum atomic E-state index is 13.1. The molecule has 4 rings (SSSR count). The van der Waals surface area contributed by atoms with Gasteiger partial charge in [-0.2, -0.15) is 0 Å². The molecule has 0 aromatic heterocycles. The first-order chi connectivity index (χ1) is 15.1. The number of anilines is 2. The predicted molar refractivity (Wildman–Crippen MR) is 117 cm³/mol. The highest BCUT2D eigenvalue weighted by molar-refractivity contribution is 7.93. The molecule has 32 heavy (non-hydrogen) atoms. The predicted octanol–water partition coefficient (Wildman–Crippen LogP) is 3.51. The summed E-state index contributed by atoms with van der Waals surface area (Å²) < 4.78 is 80.0. The van der Waals surface area contributed by atoms with E-state index in [2.05, 4.69) is 9.44 Å². The standard InChI is InChI=1S/C21H19FN2O6S2/c1-14-2-5-17(12-21(14)32(27,28)23-16-6-3-15(22)4-7-16)24-31(25,26)18-8-9-19-20(13-18)30-11-10-29-19/h2-9,12-13,23-24H,10-11H2,1H3. The third kappa shape index (κ3) is 4.63. The summed E-state index contributed by atoms with van der Waals surface area (Å²) in [5.74, 6) is 0.264. The fraction of sp³-hybridized carbons (Fsp3) is 0.143. The lowest BCUT2D eigenvalue weighted by atomic mass is 10.2. The van der Waals surface area contributed by atoms with Crippen molar-refractivity contribution in [3.05, 3.63) is 72.0 Å². The van der Waals surface area contributed by atoms with Crippen molar-refractivity contribution in [2.45, 2.75) is 16.7 Å². The summed E-state index contributed by atoms with van der Waals surface area (Å²) in [5, 5.41) is 0. The van der Waals surface area contributed by atoms with E-state index in [-0.39, 0.29) is 21.2 Å². The molecular formula is C21H19FN2O6S2.